The van der Waals surface area contributed by atoms with E-state index in [0.29, 0.717) is 0 Å². The molecule has 0 aromatic heterocycles. The Labute approximate surface area is 89.8 Å². The van der Waals surface area contributed by atoms with E-state index in [1.165, 1.54) is 0 Å². The van der Waals surface area contributed by atoms with Gasteiger partial charge < -0.3 is 25.5 Å². The summed E-state index contributed by atoms with van der Waals surface area (Å²) in [6, 6.07) is -1.64. The number of carboxylic acids is 1. The predicted molar refractivity (Wildman–Crippen MR) is 49.1 cm³/mol. The summed E-state index contributed by atoms with van der Waals surface area (Å²) < 4.78 is 28.7. The van der Waals surface area contributed by atoms with E-state index in [-0.39, 0.29) is 0 Å². The molecule has 3 atom stereocenters. The molecular weight excluding hydrogens is 268 g/mol. The van der Waals surface area contributed by atoms with Gasteiger partial charge >= 0.3 is 21.6 Å². The van der Waals surface area contributed by atoms with Gasteiger partial charge in [-0.2, -0.15) is 4.31 Å². The quantitative estimate of drug-likeness (QED) is 0.379. The minimum Gasteiger partial charge on any atom is -0.480 e. The molecule has 10 nitrogen and oxygen atoms in total. The second-order valence-electron chi connectivity index (χ2n) is 2.72. The third-order valence-electron chi connectivity index (χ3n) is 1.30. The van der Waals surface area contributed by atoms with Gasteiger partial charge in [0, 0.05) is 0 Å². The van der Waals surface area contributed by atoms with Crippen molar-refractivity contribution >= 4 is 21.6 Å². The lowest BCUT2D eigenvalue weighted by Gasteiger charge is -2.19. The molecule has 0 spiro atoms. The van der Waals surface area contributed by atoms with E-state index < -0.39 is 33.8 Å². The number of phosphoric acid groups is 2. The Morgan fingerprint density at radius 2 is 1.75 bits per heavy atom. The first kappa shape index (κ1) is 15.7. The molecule has 0 aliphatic rings. The lowest BCUT2D eigenvalue weighted by atomic mass is 10.2. The second-order valence-corrected chi connectivity index (χ2v) is 5.50. The average Bonchev–Trinajstić information content (AvgIpc) is 1.96. The van der Waals surface area contributed by atoms with Gasteiger partial charge in [0.1, 0.15) is 6.04 Å². The number of nitrogens with two attached hydrogens (primary N) is 1. The molecule has 0 radical (unpaired) electrons. The normalized spacial score (nSPS) is 19.8. The Hall–Kier alpha value is -0.310. The van der Waals surface area contributed by atoms with Crippen molar-refractivity contribution in [3.63, 3.8) is 0 Å². The summed E-state index contributed by atoms with van der Waals surface area (Å²) in [7, 11) is -10.3. The van der Waals surface area contributed by atoms with Crippen molar-refractivity contribution in [1.82, 2.24) is 0 Å². The van der Waals surface area contributed by atoms with Crippen LogP contribution in [0.3, 0.4) is 0 Å². The van der Waals surface area contributed by atoms with Crippen LogP contribution < -0.4 is 5.73 Å². The van der Waals surface area contributed by atoms with Gasteiger partial charge in [-0.15, -0.1) is 0 Å². The molecule has 0 aliphatic carbocycles. The van der Waals surface area contributed by atoms with Gasteiger partial charge in [-0.3, -0.25) is 9.32 Å². The molecule has 1 unspecified atom stereocenters. The first-order chi connectivity index (χ1) is 6.94. The van der Waals surface area contributed by atoms with Gasteiger partial charge in [0.25, 0.3) is 0 Å². The van der Waals surface area contributed by atoms with Crippen LogP contribution in [0.25, 0.3) is 0 Å². The van der Waals surface area contributed by atoms with Crippen LogP contribution in [0.1, 0.15) is 6.92 Å². The third-order valence-corrected chi connectivity index (χ3v) is 3.58. The van der Waals surface area contributed by atoms with Crippen molar-refractivity contribution in [2.24, 2.45) is 5.73 Å². The van der Waals surface area contributed by atoms with Gasteiger partial charge in [0.2, 0.25) is 0 Å². The highest BCUT2D eigenvalue weighted by Gasteiger charge is 2.36. The summed E-state index contributed by atoms with van der Waals surface area (Å²) in [6.45, 7) is 1.03. The summed E-state index contributed by atoms with van der Waals surface area (Å²) in [6.07, 6.45) is -1.47. The van der Waals surface area contributed by atoms with Crippen LogP contribution in [0.5, 0.6) is 0 Å². The van der Waals surface area contributed by atoms with Gasteiger partial charge in [-0.05, 0) is 6.92 Å². The van der Waals surface area contributed by atoms with Crippen LogP contribution >= 0.6 is 15.6 Å². The number of hydrogen-bond acceptors (Lipinski definition) is 6. The van der Waals surface area contributed by atoms with Crippen molar-refractivity contribution in [3.05, 3.63) is 0 Å². The van der Waals surface area contributed by atoms with Crippen LogP contribution in [0.2, 0.25) is 0 Å². The average molecular weight is 279 g/mol. The highest BCUT2D eigenvalue weighted by molar-refractivity contribution is 7.60. The fourth-order valence-corrected chi connectivity index (χ4v) is 2.41. The molecule has 0 rings (SSSR count). The minimum absolute atomic E-state index is 1.03. The molecule has 0 heterocycles. The van der Waals surface area contributed by atoms with E-state index >= 15 is 0 Å². The number of carboxylic acid groups (broad SMARTS) is 1. The molecule has 12 heteroatoms. The highest BCUT2D eigenvalue weighted by atomic mass is 31.3. The third kappa shape index (κ3) is 6.31. The lowest BCUT2D eigenvalue weighted by molar-refractivity contribution is -0.140. The molecule has 0 amide bonds. The summed E-state index contributed by atoms with van der Waals surface area (Å²) in [5.41, 5.74) is 5.02. The summed E-state index contributed by atoms with van der Waals surface area (Å²) in [5.74, 6) is -1.51. The molecular formula is C4H11NO9P2. The Balaban J connectivity index is 4.54. The van der Waals surface area contributed by atoms with Gasteiger partial charge in [-0.25, -0.2) is 9.13 Å². The first-order valence-corrected chi connectivity index (χ1v) is 6.73. The van der Waals surface area contributed by atoms with E-state index in [2.05, 4.69) is 8.83 Å². The maximum atomic E-state index is 10.9. The predicted octanol–water partition coefficient (Wildman–Crippen LogP) is -0.987. The number of phosphoric ester groups is 1. The van der Waals surface area contributed by atoms with Gasteiger partial charge in [0.05, 0.1) is 6.10 Å². The molecule has 96 valence electrons. The summed E-state index contributed by atoms with van der Waals surface area (Å²) >= 11 is 0. The molecule has 0 bridgehead atoms. The van der Waals surface area contributed by atoms with Crippen LogP contribution in [-0.4, -0.2) is 37.9 Å². The van der Waals surface area contributed by atoms with Gasteiger partial charge in [0.15, 0.2) is 0 Å². The second kappa shape index (κ2) is 5.35. The van der Waals surface area contributed by atoms with Crippen molar-refractivity contribution < 1.29 is 42.5 Å². The van der Waals surface area contributed by atoms with Crippen molar-refractivity contribution in [2.75, 3.05) is 0 Å². The molecule has 0 saturated heterocycles. The van der Waals surface area contributed by atoms with Crippen LogP contribution in [-0.2, 0) is 22.8 Å². The topological polar surface area (TPSA) is 177 Å². The fourth-order valence-electron chi connectivity index (χ4n) is 0.630. The number of carbonyl (C=O) groups is 1. The molecule has 0 aromatic carbocycles. The van der Waals surface area contributed by atoms with Crippen LogP contribution in [0, 0.1) is 0 Å². The largest absolute Gasteiger partial charge is 0.481 e. The zero-order chi connectivity index (χ0) is 13.1. The Morgan fingerprint density at radius 1 is 1.31 bits per heavy atom. The first-order valence-electron chi connectivity index (χ1n) is 3.71. The molecule has 0 fully saturated rings. The molecule has 6 N–H and O–H groups in total. The fraction of sp³-hybridized carbons (Fsp3) is 0.750. The number of rotatable bonds is 6. The van der Waals surface area contributed by atoms with Crippen molar-refractivity contribution in [3.8, 4) is 0 Å². The molecule has 0 aliphatic heterocycles. The number of hydrogen-bond donors (Lipinski definition) is 5. The highest BCUT2D eigenvalue weighted by Crippen LogP contribution is 2.58. The molecule has 0 aromatic rings. The van der Waals surface area contributed by atoms with Crippen molar-refractivity contribution in [2.45, 2.75) is 19.1 Å². The smallest absolute Gasteiger partial charge is 0.480 e. The minimum atomic E-state index is -5.22. The van der Waals surface area contributed by atoms with E-state index in [9.17, 15) is 13.9 Å². The zero-order valence-electron chi connectivity index (χ0n) is 7.96. The van der Waals surface area contributed by atoms with E-state index in [0.717, 1.165) is 6.92 Å². The Morgan fingerprint density at radius 3 is 2.06 bits per heavy atom. The van der Waals surface area contributed by atoms with Gasteiger partial charge in [-0.1, -0.05) is 0 Å². The molecule has 0 saturated carbocycles. The van der Waals surface area contributed by atoms with Crippen LogP contribution in [0.15, 0.2) is 0 Å². The van der Waals surface area contributed by atoms with E-state index in [4.69, 9.17) is 25.5 Å². The lowest BCUT2D eigenvalue weighted by Crippen LogP contribution is -2.41. The number of aliphatic carboxylic acids is 1. The molecule has 16 heavy (non-hydrogen) atoms. The van der Waals surface area contributed by atoms with E-state index in [1.54, 1.807) is 0 Å². The summed E-state index contributed by atoms with van der Waals surface area (Å²) in [4.78, 5) is 35.6. The maximum Gasteiger partial charge on any atom is 0.481 e. The van der Waals surface area contributed by atoms with Crippen molar-refractivity contribution in [1.29, 1.82) is 0 Å². The summed E-state index contributed by atoms with van der Waals surface area (Å²) in [5, 5.41) is 8.41. The maximum absolute atomic E-state index is 10.9. The SMILES string of the molecule is C[C@@H](OP(=O)(O)OP(=O)(O)O)[C@H](N)C(=O)O. The van der Waals surface area contributed by atoms with E-state index in [1.807, 2.05) is 0 Å². The monoisotopic (exact) mass is 279 g/mol. The van der Waals surface area contributed by atoms with Crippen LogP contribution in [0.4, 0.5) is 0 Å². The zero-order valence-corrected chi connectivity index (χ0v) is 9.75. The standard InChI is InChI=1S/C4H11NO9P2/c1-2(3(5)4(6)7)13-16(11,12)14-15(8,9)10/h2-3H,5H2,1H3,(H,6,7)(H,11,12)(H2,8,9,10)/t2-,3+/m1/s1. The Bertz CT molecular complexity index is 349. The Kier molecular flexibility index (Phi) is 5.24.